The number of hydrogen-bond acceptors (Lipinski definition) is 4. The molecule has 0 spiro atoms. The second-order valence-electron chi connectivity index (χ2n) is 4.48. The molecule has 1 heterocycles. The molecule has 3 nitrogen and oxygen atoms in total. The first-order chi connectivity index (χ1) is 9.63. The van der Waals surface area contributed by atoms with Gasteiger partial charge in [-0.15, -0.1) is 0 Å². The molecule has 0 aliphatic carbocycles. The molecule has 2 rings (SSSR count). The number of halogens is 1. The Morgan fingerprint density at radius 2 is 2.10 bits per heavy atom. The lowest BCUT2D eigenvalue weighted by atomic mass is 10.3. The molecule has 0 fully saturated rings. The van der Waals surface area contributed by atoms with Crippen molar-refractivity contribution in [3.05, 3.63) is 41.5 Å². The summed E-state index contributed by atoms with van der Waals surface area (Å²) in [4.78, 5) is 9.92. The van der Waals surface area contributed by atoms with Gasteiger partial charge in [0.2, 0.25) is 0 Å². The maximum absolute atomic E-state index is 13.3. The molecule has 0 atom stereocenters. The van der Waals surface area contributed by atoms with E-state index in [2.05, 4.69) is 22.2 Å². The first-order valence-corrected chi connectivity index (χ1v) is 7.44. The maximum atomic E-state index is 13.3. The van der Waals surface area contributed by atoms with Crippen LogP contribution in [0.3, 0.4) is 0 Å². The van der Waals surface area contributed by atoms with E-state index < -0.39 is 0 Å². The number of benzene rings is 1. The van der Waals surface area contributed by atoms with Crippen molar-refractivity contribution in [3.63, 3.8) is 0 Å². The summed E-state index contributed by atoms with van der Waals surface area (Å²) >= 11 is 1.47. The second kappa shape index (κ2) is 6.70. The monoisotopic (exact) mass is 291 g/mol. The third-order valence-corrected chi connectivity index (χ3v) is 3.95. The highest BCUT2D eigenvalue weighted by Crippen LogP contribution is 2.31. The molecular formula is C15H18FN3S. The Morgan fingerprint density at radius 3 is 2.75 bits per heavy atom. The van der Waals surface area contributed by atoms with Crippen molar-refractivity contribution in [2.45, 2.75) is 36.6 Å². The summed E-state index contributed by atoms with van der Waals surface area (Å²) in [5.74, 6) is 1.42. The zero-order valence-electron chi connectivity index (χ0n) is 11.9. The van der Waals surface area contributed by atoms with E-state index >= 15 is 0 Å². The largest absolute Gasteiger partial charge is 0.373 e. The van der Waals surface area contributed by atoms with Crippen molar-refractivity contribution in [3.8, 4) is 0 Å². The van der Waals surface area contributed by atoms with Crippen molar-refractivity contribution in [2.75, 3.05) is 12.4 Å². The molecule has 0 bridgehead atoms. The highest BCUT2D eigenvalue weighted by Gasteiger charge is 2.11. The lowest BCUT2D eigenvalue weighted by Gasteiger charge is -2.11. The van der Waals surface area contributed by atoms with Crippen LogP contribution in [-0.4, -0.2) is 17.0 Å². The lowest BCUT2D eigenvalue weighted by molar-refractivity contribution is 0.624. The number of aromatic nitrogens is 2. The molecule has 0 saturated carbocycles. The molecule has 2 aromatic rings. The molecule has 106 valence electrons. The minimum absolute atomic E-state index is 0.232. The van der Waals surface area contributed by atoms with E-state index in [1.807, 2.05) is 20.0 Å². The first-order valence-electron chi connectivity index (χ1n) is 6.62. The highest BCUT2D eigenvalue weighted by molar-refractivity contribution is 7.99. The van der Waals surface area contributed by atoms with E-state index in [0.29, 0.717) is 0 Å². The van der Waals surface area contributed by atoms with Gasteiger partial charge in [-0.25, -0.2) is 14.4 Å². The number of aryl methyl sites for hydroxylation is 1. The molecule has 1 N–H and O–H groups in total. The molecule has 0 saturated heterocycles. The standard InChI is InChI=1S/C15H18FN3S/c1-4-6-13-18-14(17-3)10(2)15(19-13)20-12-8-5-7-11(16)9-12/h5,7-9H,4,6H2,1-3H3,(H,17,18,19). The van der Waals surface area contributed by atoms with Crippen molar-refractivity contribution in [1.82, 2.24) is 9.97 Å². The Labute approximate surface area is 123 Å². The Balaban J connectivity index is 2.36. The highest BCUT2D eigenvalue weighted by atomic mass is 32.2. The number of rotatable bonds is 5. The molecule has 0 amide bonds. The molecule has 0 radical (unpaired) electrons. The van der Waals surface area contributed by atoms with E-state index in [9.17, 15) is 4.39 Å². The fourth-order valence-corrected chi connectivity index (χ4v) is 2.80. The minimum atomic E-state index is -0.232. The molecule has 1 aromatic heterocycles. The predicted molar refractivity (Wildman–Crippen MR) is 80.8 cm³/mol. The van der Waals surface area contributed by atoms with Gasteiger partial charge in [0, 0.05) is 23.9 Å². The van der Waals surface area contributed by atoms with Crippen LogP contribution in [0.5, 0.6) is 0 Å². The van der Waals surface area contributed by atoms with Crippen LogP contribution in [0.25, 0.3) is 0 Å². The molecule has 1 aromatic carbocycles. The van der Waals surface area contributed by atoms with Gasteiger partial charge in [0.15, 0.2) is 0 Å². The zero-order valence-corrected chi connectivity index (χ0v) is 12.7. The quantitative estimate of drug-likeness (QED) is 0.843. The fraction of sp³-hybridized carbons (Fsp3) is 0.333. The van der Waals surface area contributed by atoms with Crippen molar-refractivity contribution in [1.29, 1.82) is 0 Å². The van der Waals surface area contributed by atoms with Gasteiger partial charge in [-0.1, -0.05) is 24.8 Å². The third-order valence-electron chi connectivity index (χ3n) is 2.87. The van der Waals surface area contributed by atoms with Crippen LogP contribution in [-0.2, 0) is 6.42 Å². The molecule has 5 heteroatoms. The minimum Gasteiger partial charge on any atom is -0.373 e. The van der Waals surface area contributed by atoms with E-state index in [1.165, 1.54) is 23.9 Å². The van der Waals surface area contributed by atoms with Gasteiger partial charge in [-0.3, -0.25) is 0 Å². The summed E-state index contributed by atoms with van der Waals surface area (Å²) in [5, 5.41) is 3.97. The fourth-order valence-electron chi connectivity index (χ4n) is 1.86. The van der Waals surface area contributed by atoms with Crippen LogP contribution in [0.2, 0.25) is 0 Å². The maximum Gasteiger partial charge on any atom is 0.133 e. The van der Waals surface area contributed by atoms with Crippen molar-refractivity contribution < 1.29 is 4.39 Å². The third kappa shape index (κ3) is 3.48. The van der Waals surface area contributed by atoms with Crippen LogP contribution in [0.1, 0.15) is 24.7 Å². The molecule has 0 aliphatic rings. The average molecular weight is 291 g/mol. The van der Waals surface area contributed by atoms with Crippen LogP contribution in [0.15, 0.2) is 34.2 Å². The van der Waals surface area contributed by atoms with Gasteiger partial charge in [0.25, 0.3) is 0 Å². The topological polar surface area (TPSA) is 37.8 Å². The number of hydrogen-bond donors (Lipinski definition) is 1. The zero-order chi connectivity index (χ0) is 14.5. The average Bonchev–Trinajstić information content (AvgIpc) is 2.42. The number of nitrogens with zero attached hydrogens (tertiary/aromatic N) is 2. The van der Waals surface area contributed by atoms with Crippen LogP contribution in [0.4, 0.5) is 10.2 Å². The molecule has 0 aliphatic heterocycles. The van der Waals surface area contributed by atoms with E-state index in [-0.39, 0.29) is 5.82 Å². The summed E-state index contributed by atoms with van der Waals surface area (Å²) in [6, 6.07) is 6.55. The van der Waals surface area contributed by atoms with Crippen molar-refractivity contribution >= 4 is 17.6 Å². The smallest absolute Gasteiger partial charge is 0.133 e. The molecular weight excluding hydrogens is 273 g/mol. The van der Waals surface area contributed by atoms with E-state index in [0.717, 1.165) is 40.0 Å². The lowest BCUT2D eigenvalue weighted by Crippen LogP contribution is -2.04. The predicted octanol–water partition coefficient (Wildman–Crippen LogP) is 4.07. The van der Waals surface area contributed by atoms with Crippen LogP contribution in [0, 0.1) is 12.7 Å². The van der Waals surface area contributed by atoms with Gasteiger partial charge in [0.05, 0.1) is 0 Å². The van der Waals surface area contributed by atoms with Gasteiger partial charge >= 0.3 is 0 Å². The summed E-state index contributed by atoms with van der Waals surface area (Å²) < 4.78 is 13.3. The summed E-state index contributed by atoms with van der Waals surface area (Å²) in [5.41, 5.74) is 0.988. The van der Waals surface area contributed by atoms with Gasteiger partial charge < -0.3 is 5.32 Å². The van der Waals surface area contributed by atoms with Crippen molar-refractivity contribution in [2.24, 2.45) is 0 Å². The van der Waals surface area contributed by atoms with Crippen LogP contribution < -0.4 is 5.32 Å². The Kier molecular flexibility index (Phi) is 4.95. The molecule has 0 unspecified atom stereocenters. The second-order valence-corrected chi connectivity index (χ2v) is 5.54. The first kappa shape index (κ1) is 14.8. The Bertz CT molecular complexity index is 602. The molecule has 20 heavy (non-hydrogen) atoms. The van der Waals surface area contributed by atoms with Gasteiger partial charge in [-0.2, -0.15) is 0 Å². The SMILES string of the molecule is CCCc1nc(NC)c(C)c(Sc2cccc(F)c2)n1. The summed E-state index contributed by atoms with van der Waals surface area (Å²) in [6.45, 7) is 4.07. The normalized spacial score (nSPS) is 10.6. The van der Waals surface area contributed by atoms with E-state index in [1.54, 1.807) is 6.07 Å². The number of nitrogens with one attached hydrogen (secondary N) is 1. The number of anilines is 1. The van der Waals surface area contributed by atoms with E-state index in [4.69, 9.17) is 0 Å². The summed E-state index contributed by atoms with van der Waals surface area (Å²) in [7, 11) is 1.85. The van der Waals surface area contributed by atoms with Crippen LogP contribution >= 0.6 is 11.8 Å². The summed E-state index contributed by atoms with van der Waals surface area (Å²) in [6.07, 6.45) is 1.84. The Morgan fingerprint density at radius 1 is 1.30 bits per heavy atom. The van der Waals surface area contributed by atoms with Gasteiger partial charge in [0.1, 0.15) is 22.5 Å². The van der Waals surface area contributed by atoms with Gasteiger partial charge in [-0.05, 0) is 31.5 Å². The Hall–Kier alpha value is -1.62.